The molecule has 1 atom stereocenters. The second-order valence-corrected chi connectivity index (χ2v) is 6.32. The zero-order chi connectivity index (χ0) is 18.4. The van der Waals surface area contributed by atoms with Crippen LogP contribution in [0.1, 0.15) is 18.9 Å². The Hall–Kier alpha value is -2.54. The number of hydrogen-bond donors (Lipinski definition) is 1. The number of imide groups is 2. The number of rotatable bonds is 7. The molecule has 0 saturated carbocycles. The number of carbonyl (C=O) groups is 3. The standard InChI is InChI=1S/C18H24N4O3/c1-13(19-10-7-11-21(2)3)15-16(23)20-18(25)22(17(15)24)12-14-8-5-4-6-9-14/h4-6,8-9,15H,7,10-12H2,1-3H3,(H,20,23,25). The minimum Gasteiger partial charge on any atom is -0.309 e. The summed E-state index contributed by atoms with van der Waals surface area (Å²) in [6.45, 7) is 3.20. The maximum Gasteiger partial charge on any atom is 0.331 e. The van der Waals surface area contributed by atoms with E-state index in [9.17, 15) is 14.4 Å². The summed E-state index contributed by atoms with van der Waals surface area (Å²) in [5, 5.41) is 2.26. The quantitative estimate of drug-likeness (QED) is 0.459. The van der Waals surface area contributed by atoms with Crippen LogP contribution in [0, 0.1) is 5.92 Å². The molecule has 1 saturated heterocycles. The van der Waals surface area contributed by atoms with Crippen molar-refractivity contribution in [3.05, 3.63) is 35.9 Å². The Bertz CT molecular complexity index is 670. The summed E-state index contributed by atoms with van der Waals surface area (Å²) in [5.41, 5.74) is 1.26. The van der Waals surface area contributed by atoms with Crippen molar-refractivity contribution in [1.29, 1.82) is 0 Å². The number of benzene rings is 1. The first-order valence-corrected chi connectivity index (χ1v) is 8.26. The lowest BCUT2D eigenvalue weighted by Gasteiger charge is -2.30. The van der Waals surface area contributed by atoms with Crippen molar-refractivity contribution in [2.45, 2.75) is 19.9 Å². The Kier molecular flexibility index (Phi) is 6.41. The van der Waals surface area contributed by atoms with E-state index in [0.717, 1.165) is 23.4 Å². The van der Waals surface area contributed by atoms with E-state index in [-0.39, 0.29) is 6.54 Å². The normalized spacial score (nSPS) is 18.7. The first-order valence-electron chi connectivity index (χ1n) is 8.26. The van der Waals surface area contributed by atoms with Gasteiger partial charge in [0.05, 0.1) is 6.54 Å². The molecule has 1 heterocycles. The van der Waals surface area contributed by atoms with Gasteiger partial charge in [0.1, 0.15) is 0 Å². The highest BCUT2D eigenvalue weighted by molar-refractivity contribution is 6.27. The van der Waals surface area contributed by atoms with Gasteiger partial charge < -0.3 is 4.90 Å². The van der Waals surface area contributed by atoms with Crippen LogP contribution in [0.4, 0.5) is 4.79 Å². The summed E-state index contributed by atoms with van der Waals surface area (Å²) in [5.74, 6) is -2.17. The fourth-order valence-electron chi connectivity index (χ4n) is 2.63. The van der Waals surface area contributed by atoms with Gasteiger partial charge in [-0.2, -0.15) is 0 Å². The van der Waals surface area contributed by atoms with Crippen LogP contribution < -0.4 is 5.32 Å². The third-order valence-corrected chi connectivity index (χ3v) is 3.98. The number of urea groups is 1. The van der Waals surface area contributed by atoms with E-state index < -0.39 is 23.8 Å². The Morgan fingerprint density at radius 1 is 1.20 bits per heavy atom. The van der Waals surface area contributed by atoms with Crippen LogP contribution >= 0.6 is 0 Å². The third-order valence-electron chi connectivity index (χ3n) is 3.98. The van der Waals surface area contributed by atoms with Gasteiger partial charge in [-0.15, -0.1) is 0 Å². The summed E-state index contributed by atoms with van der Waals surface area (Å²) in [6, 6.07) is 8.50. The topological polar surface area (TPSA) is 82.1 Å². The Morgan fingerprint density at radius 2 is 1.88 bits per heavy atom. The molecule has 25 heavy (non-hydrogen) atoms. The lowest BCUT2D eigenvalue weighted by atomic mass is 9.99. The van der Waals surface area contributed by atoms with Gasteiger partial charge in [0, 0.05) is 12.3 Å². The van der Waals surface area contributed by atoms with E-state index in [0.29, 0.717) is 12.3 Å². The number of amides is 4. The maximum absolute atomic E-state index is 12.7. The number of carbonyl (C=O) groups excluding carboxylic acids is 3. The van der Waals surface area contributed by atoms with E-state index in [1.807, 2.05) is 49.3 Å². The molecule has 0 bridgehead atoms. The van der Waals surface area contributed by atoms with Gasteiger partial charge in [-0.3, -0.25) is 24.8 Å². The molecule has 0 radical (unpaired) electrons. The molecule has 0 aromatic heterocycles. The van der Waals surface area contributed by atoms with E-state index in [1.165, 1.54) is 0 Å². The maximum atomic E-state index is 12.7. The van der Waals surface area contributed by atoms with Crippen LogP contribution in [0.5, 0.6) is 0 Å². The highest BCUT2D eigenvalue weighted by Crippen LogP contribution is 2.16. The van der Waals surface area contributed by atoms with Crippen molar-refractivity contribution in [3.8, 4) is 0 Å². The van der Waals surface area contributed by atoms with E-state index in [4.69, 9.17) is 0 Å². The first-order chi connectivity index (χ1) is 11.9. The monoisotopic (exact) mass is 344 g/mol. The predicted molar refractivity (Wildman–Crippen MR) is 95.2 cm³/mol. The fourth-order valence-corrected chi connectivity index (χ4v) is 2.63. The van der Waals surface area contributed by atoms with Crippen LogP contribution in [-0.2, 0) is 16.1 Å². The van der Waals surface area contributed by atoms with Crippen molar-refractivity contribution in [3.63, 3.8) is 0 Å². The van der Waals surface area contributed by atoms with Gasteiger partial charge in [-0.25, -0.2) is 4.79 Å². The number of aliphatic imine (C=N–C) groups is 1. The van der Waals surface area contributed by atoms with E-state index in [1.54, 1.807) is 6.92 Å². The molecule has 7 heteroatoms. The van der Waals surface area contributed by atoms with Crippen LogP contribution in [0.3, 0.4) is 0 Å². The van der Waals surface area contributed by atoms with Crippen molar-refractivity contribution < 1.29 is 14.4 Å². The van der Waals surface area contributed by atoms with Crippen LogP contribution in [0.25, 0.3) is 0 Å². The van der Waals surface area contributed by atoms with Gasteiger partial charge >= 0.3 is 6.03 Å². The Labute approximate surface area is 147 Å². The van der Waals surface area contributed by atoms with Gasteiger partial charge in [-0.05, 0) is 39.5 Å². The molecule has 0 spiro atoms. The average molecular weight is 344 g/mol. The Balaban J connectivity index is 2.09. The zero-order valence-corrected chi connectivity index (χ0v) is 14.9. The molecule has 2 rings (SSSR count). The smallest absolute Gasteiger partial charge is 0.309 e. The molecule has 4 amide bonds. The number of barbiturate groups is 1. The lowest BCUT2D eigenvalue weighted by molar-refractivity contribution is -0.139. The van der Waals surface area contributed by atoms with Gasteiger partial charge in [0.25, 0.3) is 0 Å². The minimum atomic E-state index is -1.04. The second kappa shape index (κ2) is 8.53. The Morgan fingerprint density at radius 3 is 2.52 bits per heavy atom. The summed E-state index contributed by atoms with van der Waals surface area (Å²) in [6.07, 6.45) is 0.833. The highest BCUT2D eigenvalue weighted by Gasteiger charge is 2.41. The molecular formula is C18H24N4O3. The first kappa shape index (κ1) is 18.8. The van der Waals surface area contributed by atoms with Gasteiger partial charge in [-0.1, -0.05) is 30.3 Å². The SMILES string of the molecule is CC(=NCCCN(C)C)C1C(=O)NC(=O)N(Cc2ccccc2)C1=O. The molecule has 0 aliphatic carbocycles. The van der Waals surface area contributed by atoms with E-state index in [2.05, 4.69) is 10.3 Å². The fraction of sp³-hybridized carbons (Fsp3) is 0.444. The van der Waals surface area contributed by atoms with E-state index >= 15 is 0 Å². The average Bonchev–Trinajstić information content (AvgIpc) is 2.56. The summed E-state index contributed by atoms with van der Waals surface area (Å²) in [4.78, 5) is 44.3. The molecule has 1 aromatic carbocycles. The van der Waals surface area contributed by atoms with Crippen molar-refractivity contribution in [1.82, 2.24) is 15.1 Å². The highest BCUT2D eigenvalue weighted by atomic mass is 16.2. The molecule has 134 valence electrons. The largest absolute Gasteiger partial charge is 0.331 e. The van der Waals surface area contributed by atoms with Crippen molar-refractivity contribution >= 4 is 23.6 Å². The summed E-state index contributed by atoms with van der Waals surface area (Å²) >= 11 is 0. The molecule has 1 fully saturated rings. The van der Waals surface area contributed by atoms with Crippen LogP contribution in [0.15, 0.2) is 35.3 Å². The predicted octanol–water partition coefficient (Wildman–Crippen LogP) is 1.29. The molecule has 1 aliphatic heterocycles. The third kappa shape index (κ3) is 4.96. The van der Waals surface area contributed by atoms with Crippen LogP contribution in [-0.4, -0.2) is 60.5 Å². The number of nitrogens with zero attached hydrogens (tertiary/aromatic N) is 3. The molecule has 1 unspecified atom stereocenters. The van der Waals surface area contributed by atoms with Crippen molar-refractivity contribution in [2.75, 3.05) is 27.2 Å². The molecule has 1 aromatic rings. The van der Waals surface area contributed by atoms with Gasteiger partial charge in [0.2, 0.25) is 11.8 Å². The zero-order valence-electron chi connectivity index (χ0n) is 14.9. The number of hydrogen-bond acceptors (Lipinski definition) is 5. The molecular weight excluding hydrogens is 320 g/mol. The van der Waals surface area contributed by atoms with Crippen LogP contribution in [0.2, 0.25) is 0 Å². The molecule has 7 nitrogen and oxygen atoms in total. The lowest BCUT2D eigenvalue weighted by Crippen LogP contribution is -2.59. The molecule has 1 aliphatic rings. The summed E-state index contributed by atoms with van der Waals surface area (Å²) < 4.78 is 0. The second-order valence-electron chi connectivity index (χ2n) is 6.32. The van der Waals surface area contributed by atoms with Crippen molar-refractivity contribution in [2.24, 2.45) is 10.9 Å². The van der Waals surface area contributed by atoms with Gasteiger partial charge in [0.15, 0.2) is 5.92 Å². The minimum absolute atomic E-state index is 0.128. The number of nitrogens with one attached hydrogen (secondary N) is 1. The molecule has 1 N–H and O–H groups in total. The summed E-state index contributed by atoms with van der Waals surface area (Å²) in [7, 11) is 3.95.